The van der Waals surface area contributed by atoms with Gasteiger partial charge in [0.1, 0.15) is 5.69 Å². The quantitative estimate of drug-likeness (QED) is 0.832. The summed E-state index contributed by atoms with van der Waals surface area (Å²) < 4.78 is 30.6. The lowest BCUT2D eigenvalue weighted by atomic mass is 10.1. The van der Waals surface area contributed by atoms with Crippen LogP contribution < -0.4 is 14.8 Å². The molecule has 0 saturated carbocycles. The van der Waals surface area contributed by atoms with Gasteiger partial charge in [0.15, 0.2) is 0 Å². The molecule has 0 bridgehead atoms. The fraction of sp³-hybridized carbons (Fsp3) is 0.571. The number of hydrogen-bond acceptors (Lipinski definition) is 5. The van der Waals surface area contributed by atoms with Crippen molar-refractivity contribution in [2.24, 2.45) is 0 Å². The molecule has 128 valence electrons. The van der Waals surface area contributed by atoms with Gasteiger partial charge in [-0.05, 0) is 31.9 Å². The van der Waals surface area contributed by atoms with E-state index < -0.39 is 10.0 Å². The molecule has 2 rings (SSSR count). The third kappa shape index (κ3) is 5.36. The maximum atomic E-state index is 12.4. The van der Waals surface area contributed by atoms with Crippen LogP contribution in [-0.2, 0) is 10.0 Å². The molecule has 23 heavy (non-hydrogen) atoms. The van der Waals surface area contributed by atoms with Crippen LogP contribution in [-0.4, -0.2) is 56.3 Å². The minimum atomic E-state index is -3.28. The number of carbonyl (C=O) groups is 1. The zero-order valence-electron chi connectivity index (χ0n) is 13.3. The highest BCUT2D eigenvalue weighted by Gasteiger charge is 2.26. The van der Waals surface area contributed by atoms with Crippen molar-refractivity contribution in [1.29, 1.82) is 0 Å². The Morgan fingerprint density at radius 3 is 3.00 bits per heavy atom. The van der Waals surface area contributed by atoms with E-state index in [1.54, 1.807) is 23.2 Å². The van der Waals surface area contributed by atoms with Crippen molar-refractivity contribution in [3.8, 4) is 5.88 Å². The van der Waals surface area contributed by atoms with Crippen LogP contribution in [0.4, 0.5) is 10.5 Å². The average molecular weight is 342 g/mol. The molecule has 0 aliphatic carbocycles. The van der Waals surface area contributed by atoms with Gasteiger partial charge in [-0.25, -0.2) is 22.9 Å². The van der Waals surface area contributed by atoms with Gasteiger partial charge in [-0.2, -0.15) is 0 Å². The van der Waals surface area contributed by atoms with E-state index in [-0.39, 0.29) is 12.1 Å². The highest BCUT2D eigenvalue weighted by Crippen LogP contribution is 2.21. The standard InChI is InChI=1S/C14H22N4O4S/c1-3-22-13-12(7-4-8-15-13)16-14(19)18-9-5-6-11(10-18)17-23(2,20)21/h4,7-8,11,17H,3,5-6,9-10H2,1-2H3,(H,16,19). The molecule has 1 aliphatic rings. The van der Waals surface area contributed by atoms with Gasteiger partial charge in [-0.3, -0.25) is 0 Å². The topological polar surface area (TPSA) is 101 Å². The predicted molar refractivity (Wildman–Crippen MR) is 87.0 cm³/mol. The Hall–Kier alpha value is -1.87. The molecule has 9 heteroatoms. The summed E-state index contributed by atoms with van der Waals surface area (Å²) >= 11 is 0. The number of nitrogens with zero attached hydrogens (tertiary/aromatic N) is 2. The van der Waals surface area contributed by atoms with Gasteiger partial charge >= 0.3 is 6.03 Å². The monoisotopic (exact) mass is 342 g/mol. The van der Waals surface area contributed by atoms with E-state index in [9.17, 15) is 13.2 Å². The van der Waals surface area contributed by atoms with Crippen LogP contribution in [0.25, 0.3) is 0 Å². The summed E-state index contributed by atoms with van der Waals surface area (Å²) in [6.07, 6.45) is 4.17. The van der Waals surface area contributed by atoms with E-state index in [1.165, 1.54) is 0 Å². The van der Waals surface area contributed by atoms with E-state index >= 15 is 0 Å². The summed E-state index contributed by atoms with van der Waals surface area (Å²) in [5.41, 5.74) is 0.498. The molecule has 2 N–H and O–H groups in total. The molecular formula is C14H22N4O4S. The average Bonchev–Trinajstić information content (AvgIpc) is 2.48. The second-order valence-corrected chi connectivity index (χ2v) is 7.17. The van der Waals surface area contributed by atoms with Crippen LogP contribution in [0.5, 0.6) is 5.88 Å². The number of anilines is 1. The number of sulfonamides is 1. The summed E-state index contributed by atoms with van der Waals surface area (Å²) in [7, 11) is -3.28. The maximum Gasteiger partial charge on any atom is 0.322 e. The Morgan fingerprint density at radius 1 is 1.52 bits per heavy atom. The smallest absolute Gasteiger partial charge is 0.322 e. The zero-order valence-corrected chi connectivity index (χ0v) is 14.1. The molecule has 2 amide bonds. The fourth-order valence-electron chi connectivity index (χ4n) is 2.49. The first-order chi connectivity index (χ1) is 10.9. The van der Waals surface area contributed by atoms with Gasteiger partial charge in [-0.1, -0.05) is 0 Å². The normalized spacial score (nSPS) is 18.5. The number of ether oxygens (including phenoxy) is 1. The summed E-state index contributed by atoms with van der Waals surface area (Å²) in [4.78, 5) is 18.1. The Kier molecular flexibility index (Phi) is 5.78. The first-order valence-electron chi connectivity index (χ1n) is 7.50. The Bertz CT molecular complexity index is 650. The number of aromatic nitrogens is 1. The van der Waals surface area contributed by atoms with Crippen LogP contribution >= 0.6 is 0 Å². The van der Waals surface area contributed by atoms with Crippen LogP contribution in [0.2, 0.25) is 0 Å². The molecule has 1 aliphatic heterocycles. The third-order valence-electron chi connectivity index (χ3n) is 3.38. The number of likely N-dealkylation sites (tertiary alicyclic amines) is 1. The lowest BCUT2D eigenvalue weighted by Gasteiger charge is -2.32. The molecule has 2 heterocycles. The lowest BCUT2D eigenvalue weighted by molar-refractivity contribution is 0.190. The van der Waals surface area contributed by atoms with Crippen LogP contribution in [0.3, 0.4) is 0 Å². The molecule has 1 aromatic rings. The SMILES string of the molecule is CCOc1ncccc1NC(=O)N1CCCC(NS(C)(=O)=O)C1. The fourth-order valence-corrected chi connectivity index (χ4v) is 3.29. The van der Waals surface area contributed by atoms with Crippen molar-refractivity contribution in [1.82, 2.24) is 14.6 Å². The molecule has 0 radical (unpaired) electrons. The van der Waals surface area contributed by atoms with E-state index in [0.29, 0.717) is 37.7 Å². The molecule has 1 saturated heterocycles. The van der Waals surface area contributed by atoms with E-state index in [1.807, 2.05) is 6.92 Å². The summed E-state index contributed by atoms with van der Waals surface area (Å²) in [6.45, 7) is 3.21. The van der Waals surface area contributed by atoms with Crippen molar-refractivity contribution >= 4 is 21.7 Å². The van der Waals surface area contributed by atoms with Crippen molar-refractivity contribution in [3.63, 3.8) is 0 Å². The number of piperidine rings is 1. The Morgan fingerprint density at radius 2 is 2.30 bits per heavy atom. The highest BCUT2D eigenvalue weighted by molar-refractivity contribution is 7.88. The highest BCUT2D eigenvalue weighted by atomic mass is 32.2. The number of hydrogen-bond donors (Lipinski definition) is 2. The molecule has 0 spiro atoms. The van der Waals surface area contributed by atoms with Crippen molar-refractivity contribution in [3.05, 3.63) is 18.3 Å². The van der Waals surface area contributed by atoms with Crippen molar-refractivity contribution in [2.45, 2.75) is 25.8 Å². The van der Waals surface area contributed by atoms with E-state index in [2.05, 4.69) is 15.0 Å². The predicted octanol–water partition coefficient (Wildman–Crippen LogP) is 1.03. The van der Waals surface area contributed by atoms with Gasteiger partial charge in [0, 0.05) is 25.3 Å². The number of amides is 2. The number of nitrogens with one attached hydrogen (secondary N) is 2. The van der Waals surface area contributed by atoms with Gasteiger partial charge in [0.2, 0.25) is 15.9 Å². The van der Waals surface area contributed by atoms with Crippen molar-refractivity contribution < 1.29 is 17.9 Å². The van der Waals surface area contributed by atoms with E-state index in [4.69, 9.17) is 4.74 Å². The molecule has 1 fully saturated rings. The second kappa shape index (κ2) is 7.60. The number of urea groups is 1. The summed E-state index contributed by atoms with van der Waals surface area (Å²) in [5, 5.41) is 2.77. The van der Waals surface area contributed by atoms with Gasteiger partial charge in [0.25, 0.3) is 0 Å². The van der Waals surface area contributed by atoms with Gasteiger partial charge in [0.05, 0.1) is 12.9 Å². The molecule has 1 atom stereocenters. The molecular weight excluding hydrogens is 320 g/mol. The largest absolute Gasteiger partial charge is 0.476 e. The zero-order chi connectivity index (χ0) is 16.9. The maximum absolute atomic E-state index is 12.4. The first kappa shape index (κ1) is 17.5. The Balaban J connectivity index is 2.00. The number of carbonyl (C=O) groups excluding carboxylic acids is 1. The van der Waals surface area contributed by atoms with Crippen LogP contribution in [0, 0.1) is 0 Å². The van der Waals surface area contributed by atoms with Gasteiger partial charge in [-0.15, -0.1) is 0 Å². The molecule has 0 aromatic carbocycles. The summed E-state index contributed by atoms with van der Waals surface area (Å²) in [5.74, 6) is 0.367. The van der Waals surface area contributed by atoms with Gasteiger partial charge < -0.3 is 15.0 Å². The second-order valence-electron chi connectivity index (χ2n) is 5.39. The van der Waals surface area contributed by atoms with Crippen LogP contribution in [0.15, 0.2) is 18.3 Å². The molecule has 1 unspecified atom stereocenters. The van der Waals surface area contributed by atoms with Crippen LogP contribution in [0.1, 0.15) is 19.8 Å². The van der Waals surface area contributed by atoms with Crippen molar-refractivity contribution in [2.75, 3.05) is 31.3 Å². The number of pyridine rings is 1. The first-order valence-corrected chi connectivity index (χ1v) is 9.39. The minimum absolute atomic E-state index is 0.259. The molecule has 1 aromatic heterocycles. The molecule has 8 nitrogen and oxygen atoms in total. The van der Waals surface area contributed by atoms with E-state index in [0.717, 1.165) is 12.7 Å². The lowest BCUT2D eigenvalue weighted by Crippen LogP contribution is -2.50. The Labute approximate surface area is 136 Å². The minimum Gasteiger partial charge on any atom is -0.476 e. The summed E-state index contributed by atoms with van der Waals surface area (Å²) in [6, 6.07) is 2.87. The third-order valence-corrected chi connectivity index (χ3v) is 4.14. The number of rotatable bonds is 5.